The quantitative estimate of drug-likeness (QED) is 0.456. The fourth-order valence-corrected chi connectivity index (χ4v) is 0.437. The predicted molar refractivity (Wildman–Crippen MR) is 22.8 cm³/mol. The second kappa shape index (κ2) is 1.20. The standard InChI is InChI=1S/C4H7NO/c5-4-2-1-3-6-4/h2H,1,3,5H2. The third kappa shape index (κ3) is 0.455. The number of nitrogens with two attached hydrogens (primary N) is 1. The molecule has 0 amide bonds. The lowest BCUT2D eigenvalue weighted by molar-refractivity contribution is 0.242. The first kappa shape index (κ1) is 3.53. The Kier molecular flexibility index (Phi) is 0.708. The van der Waals surface area contributed by atoms with Crippen molar-refractivity contribution >= 4 is 0 Å². The van der Waals surface area contributed by atoms with Crippen LogP contribution < -0.4 is 5.73 Å². The molecule has 34 valence electrons. The molecule has 0 fully saturated rings. The van der Waals surface area contributed by atoms with Gasteiger partial charge in [-0.2, -0.15) is 0 Å². The van der Waals surface area contributed by atoms with Crippen LogP contribution in [0, 0.1) is 0 Å². The van der Waals surface area contributed by atoms with Crippen LogP contribution in [-0.4, -0.2) is 6.61 Å². The normalized spacial score (nSPS) is 19.7. The maximum atomic E-state index is 5.17. The van der Waals surface area contributed by atoms with Gasteiger partial charge in [-0.1, -0.05) is 0 Å². The topological polar surface area (TPSA) is 35.2 Å². The highest BCUT2D eigenvalue weighted by atomic mass is 16.5. The molecule has 0 aliphatic carbocycles. The molecular formula is C4H7NO. The van der Waals surface area contributed by atoms with Crippen molar-refractivity contribution in [3.8, 4) is 0 Å². The highest BCUT2D eigenvalue weighted by molar-refractivity contribution is 4.91. The van der Waals surface area contributed by atoms with E-state index in [0.717, 1.165) is 13.0 Å². The van der Waals surface area contributed by atoms with E-state index in [4.69, 9.17) is 10.5 Å². The van der Waals surface area contributed by atoms with Crippen LogP contribution in [0.3, 0.4) is 0 Å². The molecule has 0 atom stereocenters. The maximum Gasteiger partial charge on any atom is 0.179 e. The van der Waals surface area contributed by atoms with Gasteiger partial charge in [-0.3, -0.25) is 0 Å². The number of hydrogen-bond donors (Lipinski definition) is 1. The number of ether oxygens (including phenoxy) is 1. The SMILES string of the molecule is NC1=CCCO1. The summed E-state index contributed by atoms with van der Waals surface area (Å²) in [6.07, 6.45) is 2.85. The lowest BCUT2D eigenvalue weighted by Crippen LogP contribution is -1.94. The summed E-state index contributed by atoms with van der Waals surface area (Å²) in [5.74, 6) is 0.579. The monoisotopic (exact) mass is 85.1 g/mol. The minimum absolute atomic E-state index is 0.579. The molecule has 0 radical (unpaired) electrons. The van der Waals surface area contributed by atoms with Crippen LogP contribution in [0.2, 0.25) is 0 Å². The number of hydrogen-bond acceptors (Lipinski definition) is 2. The molecular weight excluding hydrogens is 78.0 g/mol. The lowest BCUT2D eigenvalue weighted by Gasteiger charge is -1.89. The van der Waals surface area contributed by atoms with Crippen LogP contribution in [-0.2, 0) is 4.74 Å². The summed E-state index contributed by atoms with van der Waals surface area (Å²) in [4.78, 5) is 0. The molecule has 1 heterocycles. The van der Waals surface area contributed by atoms with E-state index in [1.165, 1.54) is 0 Å². The average Bonchev–Trinajstić information content (AvgIpc) is 1.86. The molecule has 2 N–H and O–H groups in total. The van der Waals surface area contributed by atoms with Crippen molar-refractivity contribution in [3.63, 3.8) is 0 Å². The molecule has 6 heavy (non-hydrogen) atoms. The molecule has 0 aromatic carbocycles. The summed E-state index contributed by atoms with van der Waals surface area (Å²) in [5.41, 5.74) is 5.17. The Labute approximate surface area is 36.6 Å². The number of rotatable bonds is 0. The molecule has 1 aliphatic heterocycles. The van der Waals surface area contributed by atoms with Crippen LogP contribution in [0.1, 0.15) is 6.42 Å². The van der Waals surface area contributed by atoms with E-state index in [9.17, 15) is 0 Å². The Balaban J connectivity index is 2.45. The summed E-state index contributed by atoms with van der Waals surface area (Å²) in [5, 5.41) is 0. The van der Waals surface area contributed by atoms with E-state index in [1.54, 1.807) is 0 Å². The maximum absolute atomic E-state index is 5.17. The molecule has 0 bridgehead atoms. The van der Waals surface area contributed by atoms with E-state index >= 15 is 0 Å². The van der Waals surface area contributed by atoms with Crippen molar-refractivity contribution < 1.29 is 4.74 Å². The minimum Gasteiger partial charge on any atom is -0.479 e. The van der Waals surface area contributed by atoms with Crippen molar-refractivity contribution in [1.82, 2.24) is 0 Å². The predicted octanol–water partition coefficient (Wildman–Crippen LogP) is 0.207. The summed E-state index contributed by atoms with van der Waals surface area (Å²) in [7, 11) is 0. The van der Waals surface area contributed by atoms with Gasteiger partial charge in [0.15, 0.2) is 5.88 Å². The fourth-order valence-electron chi connectivity index (χ4n) is 0.437. The largest absolute Gasteiger partial charge is 0.479 e. The smallest absolute Gasteiger partial charge is 0.179 e. The van der Waals surface area contributed by atoms with E-state index in [-0.39, 0.29) is 0 Å². The van der Waals surface area contributed by atoms with Crippen molar-refractivity contribution in [2.75, 3.05) is 6.61 Å². The zero-order valence-corrected chi connectivity index (χ0v) is 3.48. The molecule has 0 aromatic heterocycles. The summed E-state index contributed by atoms with van der Waals surface area (Å²) in [6.45, 7) is 0.770. The van der Waals surface area contributed by atoms with Crippen LogP contribution in [0.25, 0.3) is 0 Å². The molecule has 0 unspecified atom stereocenters. The van der Waals surface area contributed by atoms with Gasteiger partial charge in [0.25, 0.3) is 0 Å². The Bertz CT molecular complexity index is 77.6. The van der Waals surface area contributed by atoms with Crippen molar-refractivity contribution in [3.05, 3.63) is 12.0 Å². The lowest BCUT2D eigenvalue weighted by atomic mass is 10.5. The van der Waals surface area contributed by atoms with Crippen molar-refractivity contribution in [1.29, 1.82) is 0 Å². The van der Waals surface area contributed by atoms with Gasteiger partial charge in [-0.15, -0.1) is 0 Å². The van der Waals surface area contributed by atoms with E-state index < -0.39 is 0 Å². The second-order valence-corrected chi connectivity index (χ2v) is 1.24. The van der Waals surface area contributed by atoms with E-state index in [1.807, 2.05) is 6.08 Å². The van der Waals surface area contributed by atoms with Gasteiger partial charge in [0.1, 0.15) is 0 Å². The van der Waals surface area contributed by atoms with Gasteiger partial charge < -0.3 is 10.5 Å². The molecule has 0 spiro atoms. The molecule has 0 aromatic rings. The van der Waals surface area contributed by atoms with Crippen molar-refractivity contribution in [2.45, 2.75) is 6.42 Å². The Hall–Kier alpha value is -0.660. The minimum atomic E-state index is 0.579. The summed E-state index contributed by atoms with van der Waals surface area (Å²) < 4.78 is 4.79. The Morgan fingerprint density at radius 2 is 2.67 bits per heavy atom. The van der Waals surface area contributed by atoms with E-state index in [2.05, 4.69) is 0 Å². The zero-order chi connectivity index (χ0) is 4.41. The van der Waals surface area contributed by atoms with E-state index in [0.29, 0.717) is 5.88 Å². The van der Waals surface area contributed by atoms with Crippen molar-refractivity contribution in [2.24, 2.45) is 5.73 Å². The summed E-state index contributed by atoms with van der Waals surface area (Å²) in [6, 6.07) is 0. The van der Waals surface area contributed by atoms with Gasteiger partial charge in [0.2, 0.25) is 0 Å². The third-order valence-electron chi connectivity index (χ3n) is 0.732. The van der Waals surface area contributed by atoms with Gasteiger partial charge in [-0.05, 0) is 6.08 Å². The van der Waals surface area contributed by atoms with Crippen LogP contribution in [0.5, 0.6) is 0 Å². The zero-order valence-electron chi connectivity index (χ0n) is 3.48. The molecule has 1 aliphatic rings. The second-order valence-electron chi connectivity index (χ2n) is 1.24. The van der Waals surface area contributed by atoms with Gasteiger partial charge in [0, 0.05) is 6.42 Å². The Morgan fingerprint density at radius 3 is 2.83 bits per heavy atom. The fraction of sp³-hybridized carbons (Fsp3) is 0.500. The highest BCUT2D eigenvalue weighted by Crippen LogP contribution is 2.00. The molecule has 0 saturated carbocycles. The van der Waals surface area contributed by atoms with Gasteiger partial charge in [-0.25, -0.2) is 0 Å². The first-order valence-electron chi connectivity index (χ1n) is 1.98. The molecule has 0 saturated heterocycles. The van der Waals surface area contributed by atoms with Crippen LogP contribution in [0.15, 0.2) is 12.0 Å². The summed E-state index contributed by atoms with van der Waals surface area (Å²) >= 11 is 0. The third-order valence-corrected chi connectivity index (χ3v) is 0.732. The first-order chi connectivity index (χ1) is 2.89. The molecule has 2 heteroatoms. The highest BCUT2D eigenvalue weighted by Gasteiger charge is 1.95. The molecule has 2 nitrogen and oxygen atoms in total. The van der Waals surface area contributed by atoms with Crippen LogP contribution >= 0.6 is 0 Å². The Morgan fingerprint density at radius 1 is 1.83 bits per heavy atom. The first-order valence-corrected chi connectivity index (χ1v) is 1.98. The average molecular weight is 85.1 g/mol. The van der Waals surface area contributed by atoms with Gasteiger partial charge >= 0.3 is 0 Å². The van der Waals surface area contributed by atoms with Gasteiger partial charge in [0.05, 0.1) is 6.61 Å². The van der Waals surface area contributed by atoms with Crippen LogP contribution in [0.4, 0.5) is 0 Å². The molecule has 1 rings (SSSR count).